The molecule has 0 saturated carbocycles. The highest BCUT2D eigenvalue weighted by Crippen LogP contribution is 2.67. The fraction of sp³-hybridized carbons (Fsp3) is 0.441. The van der Waals surface area contributed by atoms with E-state index in [2.05, 4.69) is 13.2 Å². The summed E-state index contributed by atoms with van der Waals surface area (Å²) < 4.78 is -0.746. The van der Waals surface area contributed by atoms with Crippen LogP contribution >= 0.6 is 11.8 Å². The summed E-state index contributed by atoms with van der Waals surface area (Å²) in [7, 11) is 0. The van der Waals surface area contributed by atoms with E-state index in [0.717, 1.165) is 24.0 Å². The number of nitrogens with zero attached hydrogens (tertiary/aromatic N) is 3. The number of amides is 3. The third kappa shape index (κ3) is 5.20. The van der Waals surface area contributed by atoms with Crippen LogP contribution in [0.4, 0.5) is 0 Å². The number of aliphatic hydroxyl groups excluding tert-OH is 1. The van der Waals surface area contributed by atoms with Crippen LogP contribution < -0.4 is 0 Å². The number of fused-ring (bicyclic) bond motifs is 1. The Bertz CT molecular complexity index is 1300. The first-order valence-corrected chi connectivity index (χ1v) is 15.8. The predicted octanol–water partition coefficient (Wildman–Crippen LogP) is 4.45. The Balaban J connectivity index is 1.59. The first kappa shape index (κ1) is 30.1. The normalized spacial score (nSPS) is 26.5. The summed E-state index contributed by atoms with van der Waals surface area (Å²) >= 11 is 1.66. The van der Waals surface area contributed by atoms with Gasteiger partial charge in [-0.05, 0) is 30.4 Å². The molecule has 6 atom stereocenters. The third-order valence-electron chi connectivity index (χ3n) is 8.98. The maximum Gasteiger partial charge on any atom is 0.247 e. The lowest BCUT2D eigenvalue weighted by atomic mass is 9.70. The molecule has 3 amide bonds. The van der Waals surface area contributed by atoms with Gasteiger partial charge in [-0.2, -0.15) is 0 Å². The van der Waals surface area contributed by atoms with E-state index in [1.165, 1.54) is 0 Å². The molecule has 3 saturated heterocycles. The van der Waals surface area contributed by atoms with Crippen molar-refractivity contribution in [3.63, 3.8) is 0 Å². The molecule has 0 aromatic heterocycles. The minimum atomic E-state index is -0.817. The van der Waals surface area contributed by atoms with Gasteiger partial charge in [-0.25, -0.2) is 0 Å². The van der Waals surface area contributed by atoms with Crippen LogP contribution in [0.25, 0.3) is 0 Å². The van der Waals surface area contributed by atoms with E-state index >= 15 is 0 Å². The van der Waals surface area contributed by atoms with Gasteiger partial charge < -0.3 is 19.8 Å². The Morgan fingerprint density at radius 2 is 1.69 bits per heavy atom. The zero-order valence-corrected chi connectivity index (χ0v) is 25.1. The van der Waals surface area contributed by atoms with Crippen LogP contribution in [0.15, 0.2) is 86.0 Å². The average molecular weight is 588 g/mol. The van der Waals surface area contributed by atoms with Gasteiger partial charge in [0.15, 0.2) is 0 Å². The molecular formula is C34H41N3O4S. The molecule has 3 aliphatic rings. The van der Waals surface area contributed by atoms with E-state index in [0.29, 0.717) is 32.6 Å². The van der Waals surface area contributed by atoms with E-state index < -0.39 is 28.7 Å². The largest absolute Gasteiger partial charge is 0.394 e. The highest BCUT2D eigenvalue weighted by atomic mass is 32.2. The second-order valence-corrected chi connectivity index (χ2v) is 13.1. The van der Waals surface area contributed by atoms with Crippen molar-refractivity contribution in [2.24, 2.45) is 11.8 Å². The Hall–Kier alpha value is -3.36. The summed E-state index contributed by atoms with van der Waals surface area (Å²) in [5, 5.41) is 10.7. The summed E-state index contributed by atoms with van der Waals surface area (Å²) in [6.45, 7) is 11.2. The standard InChI is InChI=1S/C34H41N3O4S/c1-4-19-35(20-5-2)31(39)28-27-17-18-34(42-27)29(28)32(40)37(26(23-38)25-15-11-8-12-16-25)30(34)33(41)36(21-6-3)22-24-13-9-7-10-14-24/h4,6-16,26-30,38H,1,3,5,17-23H2,2H3/t26-,27-,28+,29+,30?,34?/m1/s1. The number of likely N-dealkylation sites (tertiary alicyclic amines) is 1. The van der Waals surface area contributed by atoms with Gasteiger partial charge in [0.1, 0.15) is 6.04 Å². The van der Waals surface area contributed by atoms with Crippen LogP contribution in [-0.4, -0.2) is 79.8 Å². The minimum absolute atomic E-state index is 0.0284. The highest BCUT2D eigenvalue weighted by molar-refractivity contribution is 8.02. The molecule has 2 unspecified atom stereocenters. The number of carbonyl (C=O) groups excluding carboxylic acids is 3. The van der Waals surface area contributed by atoms with E-state index in [4.69, 9.17) is 0 Å². The predicted molar refractivity (Wildman–Crippen MR) is 166 cm³/mol. The van der Waals surface area contributed by atoms with Crippen LogP contribution in [0, 0.1) is 11.8 Å². The van der Waals surface area contributed by atoms with Crippen molar-refractivity contribution < 1.29 is 19.5 Å². The molecule has 42 heavy (non-hydrogen) atoms. The summed E-state index contributed by atoms with van der Waals surface area (Å²) in [6.07, 6.45) is 5.68. The number of hydrogen-bond acceptors (Lipinski definition) is 5. The fourth-order valence-electron chi connectivity index (χ4n) is 7.31. The fourth-order valence-corrected chi connectivity index (χ4v) is 9.50. The lowest BCUT2D eigenvalue weighted by Gasteiger charge is -2.40. The molecule has 3 heterocycles. The summed E-state index contributed by atoms with van der Waals surface area (Å²) in [4.78, 5) is 48.7. The zero-order chi connectivity index (χ0) is 29.9. The molecule has 2 bridgehead atoms. The van der Waals surface area contributed by atoms with Crippen molar-refractivity contribution in [3.05, 3.63) is 97.1 Å². The molecule has 5 rings (SSSR count). The molecule has 8 heteroatoms. The molecule has 0 radical (unpaired) electrons. The van der Waals surface area contributed by atoms with E-state index in [1.54, 1.807) is 38.6 Å². The molecule has 1 spiro atoms. The van der Waals surface area contributed by atoms with Crippen molar-refractivity contribution in [1.29, 1.82) is 0 Å². The molecule has 3 fully saturated rings. The van der Waals surface area contributed by atoms with Gasteiger partial charge in [0.05, 0.1) is 29.2 Å². The molecule has 222 valence electrons. The third-order valence-corrected chi connectivity index (χ3v) is 10.9. The Labute approximate surface area is 253 Å². The second kappa shape index (κ2) is 12.9. The first-order valence-electron chi connectivity index (χ1n) is 14.9. The van der Waals surface area contributed by atoms with Gasteiger partial charge >= 0.3 is 0 Å². The van der Waals surface area contributed by atoms with Crippen molar-refractivity contribution >= 4 is 29.5 Å². The van der Waals surface area contributed by atoms with Crippen LogP contribution in [-0.2, 0) is 20.9 Å². The van der Waals surface area contributed by atoms with Gasteiger partial charge in [0.2, 0.25) is 17.7 Å². The first-order chi connectivity index (χ1) is 20.4. The lowest BCUT2D eigenvalue weighted by Crippen LogP contribution is -2.55. The summed E-state index contributed by atoms with van der Waals surface area (Å²) in [5.41, 5.74) is 1.75. The topological polar surface area (TPSA) is 81.2 Å². The molecule has 1 N–H and O–H groups in total. The monoisotopic (exact) mass is 587 g/mol. The number of rotatable bonds is 13. The number of benzene rings is 2. The van der Waals surface area contributed by atoms with Crippen LogP contribution in [0.1, 0.15) is 43.4 Å². The van der Waals surface area contributed by atoms with Crippen LogP contribution in [0.5, 0.6) is 0 Å². The Kier molecular flexibility index (Phi) is 9.23. The maximum absolute atomic E-state index is 14.8. The van der Waals surface area contributed by atoms with Crippen molar-refractivity contribution in [2.75, 3.05) is 26.2 Å². The number of hydrogen-bond donors (Lipinski definition) is 1. The zero-order valence-electron chi connectivity index (χ0n) is 24.3. The van der Waals surface area contributed by atoms with Gasteiger partial charge in [0.25, 0.3) is 0 Å². The molecule has 2 aromatic carbocycles. The minimum Gasteiger partial charge on any atom is -0.394 e. The van der Waals surface area contributed by atoms with Crippen LogP contribution in [0.2, 0.25) is 0 Å². The SMILES string of the molecule is C=CCN(Cc1ccccc1)C(=O)C1N([C@H](CO)c2ccccc2)C(=O)[C@@H]2[C@@H](C(=O)N(CC=C)CCC)[C@H]3CCC12S3. The lowest BCUT2D eigenvalue weighted by molar-refractivity contribution is -0.147. The molecule has 7 nitrogen and oxygen atoms in total. The van der Waals surface area contributed by atoms with E-state index in [1.807, 2.05) is 67.6 Å². The van der Waals surface area contributed by atoms with Gasteiger partial charge in [-0.3, -0.25) is 14.4 Å². The molecule has 3 aliphatic heterocycles. The Morgan fingerprint density at radius 1 is 1.05 bits per heavy atom. The molecule has 2 aromatic rings. The van der Waals surface area contributed by atoms with Crippen molar-refractivity contribution in [1.82, 2.24) is 14.7 Å². The second-order valence-electron chi connectivity index (χ2n) is 11.5. The maximum atomic E-state index is 14.8. The average Bonchev–Trinajstić information content (AvgIpc) is 3.65. The van der Waals surface area contributed by atoms with Gasteiger partial charge in [-0.15, -0.1) is 24.9 Å². The summed E-state index contributed by atoms with van der Waals surface area (Å²) in [6, 6.07) is 17.7. The highest BCUT2D eigenvalue weighted by Gasteiger charge is 2.74. The van der Waals surface area contributed by atoms with E-state index in [9.17, 15) is 19.5 Å². The molecular weight excluding hydrogens is 546 g/mol. The Morgan fingerprint density at radius 3 is 2.31 bits per heavy atom. The quantitative estimate of drug-likeness (QED) is 0.351. The number of carbonyl (C=O) groups is 3. The molecule has 0 aliphatic carbocycles. The number of thioether (sulfide) groups is 1. The van der Waals surface area contributed by atoms with Gasteiger partial charge in [-0.1, -0.05) is 79.7 Å². The van der Waals surface area contributed by atoms with Crippen LogP contribution in [0.3, 0.4) is 0 Å². The smallest absolute Gasteiger partial charge is 0.247 e. The van der Waals surface area contributed by atoms with Crippen molar-refractivity contribution in [2.45, 2.75) is 54.8 Å². The number of aliphatic hydroxyl groups is 1. The van der Waals surface area contributed by atoms with Crippen molar-refractivity contribution in [3.8, 4) is 0 Å². The van der Waals surface area contributed by atoms with E-state index in [-0.39, 0.29) is 29.6 Å². The summed E-state index contributed by atoms with van der Waals surface area (Å²) in [5.74, 6) is -1.55. The van der Waals surface area contributed by atoms with Gasteiger partial charge in [0, 0.05) is 31.4 Å².